The number of hydrogen-bond acceptors (Lipinski definition) is 5. The van der Waals surface area contributed by atoms with Crippen LogP contribution < -0.4 is 5.32 Å². The number of nitrogens with one attached hydrogen (secondary N) is 1. The van der Waals surface area contributed by atoms with Crippen LogP contribution in [0.5, 0.6) is 0 Å². The van der Waals surface area contributed by atoms with E-state index in [4.69, 9.17) is 4.74 Å². The van der Waals surface area contributed by atoms with Gasteiger partial charge in [0.25, 0.3) is 0 Å². The number of rotatable bonds is 5. The summed E-state index contributed by atoms with van der Waals surface area (Å²) in [5, 5.41) is 11.8. The van der Waals surface area contributed by atoms with Gasteiger partial charge in [-0.1, -0.05) is 12.8 Å². The third-order valence-corrected chi connectivity index (χ3v) is 5.29. The van der Waals surface area contributed by atoms with E-state index in [9.17, 15) is 4.79 Å². The number of carbonyl (C=O) groups is 1. The smallest absolute Gasteiger partial charge is 0.248 e. The molecule has 0 radical (unpaired) electrons. The van der Waals surface area contributed by atoms with E-state index in [0.29, 0.717) is 32.2 Å². The van der Waals surface area contributed by atoms with Gasteiger partial charge in [0.2, 0.25) is 5.91 Å². The minimum atomic E-state index is -0.802. The Morgan fingerprint density at radius 3 is 3.00 bits per heavy atom. The van der Waals surface area contributed by atoms with E-state index in [0.717, 1.165) is 24.5 Å². The van der Waals surface area contributed by atoms with Crippen molar-refractivity contribution in [3.05, 3.63) is 30.4 Å². The van der Waals surface area contributed by atoms with Crippen LogP contribution in [-0.2, 0) is 28.2 Å². The molecule has 2 aromatic heterocycles. The molecule has 0 saturated heterocycles. The Morgan fingerprint density at radius 1 is 1.40 bits per heavy atom. The molecule has 1 amide bonds. The zero-order chi connectivity index (χ0) is 17.3. The summed E-state index contributed by atoms with van der Waals surface area (Å²) in [7, 11) is 0. The third kappa shape index (κ3) is 2.95. The summed E-state index contributed by atoms with van der Waals surface area (Å²) in [6.45, 7) is 3.91. The summed E-state index contributed by atoms with van der Waals surface area (Å²) in [5.74, 6) is 2.05. The van der Waals surface area contributed by atoms with Gasteiger partial charge in [-0.2, -0.15) is 0 Å². The standard InChI is InChI=1S/C17H24N6O2/c1-17(16(24)19-7-9-22-8-6-18-12-22)11-25-10-14-20-21-15(23(14)17)13-4-2-3-5-13/h6,8,12-13H,2-5,7,9-11H2,1H3,(H,19,24). The minimum Gasteiger partial charge on any atom is -0.370 e. The highest BCUT2D eigenvalue weighted by molar-refractivity contribution is 5.84. The predicted octanol–water partition coefficient (Wildman–Crippen LogP) is 1.19. The molecule has 0 spiro atoms. The largest absolute Gasteiger partial charge is 0.370 e. The quantitative estimate of drug-likeness (QED) is 0.880. The topological polar surface area (TPSA) is 86.9 Å². The molecule has 2 aromatic rings. The lowest BCUT2D eigenvalue weighted by atomic mass is 9.98. The van der Waals surface area contributed by atoms with E-state index < -0.39 is 5.54 Å². The molecule has 1 saturated carbocycles. The van der Waals surface area contributed by atoms with Gasteiger partial charge in [-0.05, 0) is 19.8 Å². The van der Waals surface area contributed by atoms with Crippen molar-refractivity contribution in [2.45, 2.75) is 57.2 Å². The van der Waals surface area contributed by atoms with Gasteiger partial charge in [-0.3, -0.25) is 9.36 Å². The second-order valence-corrected chi connectivity index (χ2v) is 7.11. The molecular weight excluding hydrogens is 320 g/mol. The van der Waals surface area contributed by atoms with Gasteiger partial charge in [-0.25, -0.2) is 4.98 Å². The lowest BCUT2D eigenvalue weighted by Crippen LogP contribution is -2.53. The summed E-state index contributed by atoms with van der Waals surface area (Å²) in [6, 6.07) is 0. The van der Waals surface area contributed by atoms with Crippen LogP contribution in [0.4, 0.5) is 0 Å². The summed E-state index contributed by atoms with van der Waals surface area (Å²) < 4.78 is 9.64. The Balaban J connectivity index is 1.53. The van der Waals surface area contributed by atoms with Gasteiger partial charge < -0.3 is 14.6 Å². The molecule has 1 N–H and O–H groups in total. The van der Waals surface area contributed by atoms with E-state index in [2.05, 4.69) is 20.5 Å². The Kier molecular flexibility index (Phi) is 4.29. The lowest BCUT2D eigenvalue weighted by Gasteiger charge is -2.36. The number of imidazole rings is 1. The second kappa shape index (κ2) is 6.59. The number of hydrogen-bond donors (Lipinski definition) is 1. The highest BCUT2D eigenvalue weighted by atomic mass is 16.5. The van der Waals surface area contributed by atoms with Crippen LogP contribution in [0.3, 0.4) is 0 Å². The number of amides is 1. The fourth-order valence-electron chi connectivity index (χ4n) is 3.89. The molecule has 8 nitrogen and oxygen atoms in total. The first-order valence-corrected chi connectivity index (χ1v) is 8.95. The highest BCUT2D eigenvalue weighted by Gasteiger charge is 2.43. The van der Waals surface area contributed by atoms with Gasteiger partial charge in [0.05, 0.1) is 12.9 Å². The second-order valence-electron chi connectivity index (χ2n) is 7.11. The molecule has 0 bridgehead atoms. The maximum Gasteiger partial charge on any atom is 0.248 e. The van der Waals surface area contributed by atoms with Crippen molar-refractivity contribution in [3.8, 4) is 0 Å². The molecule has 1 atom stereocenters. The maximum absolute atomic E-state index is 13.0. The summed E-state index contributed by atoms with van der Waals surface area (Å²) in [5.41, 5.74) is -0.802. The number of nitrogens with zero attached hydrogens (tertiary/aromatic N) is 5. The Hall–Kier alpha value is -2.22. The molecule has 3 heterocycles. The van der Waals surface area contributed by atoms with Crippen LogP contribution in [-0.4, -0.2) is 43.4 Å². The van der Waals surface area contributed by atoms with Crippen molar-refractivity contribution < 1.29 is 9.53 Å². The van der Waals surface area contributed by atoms with E-state index in [1.54, 1.807) is 12.5 Å². The molecule has 25 heavy (non-hydrogen) atoms. The van der Waals surface area contributed by atoms with Crippen molar-refractivity contribution in [2.24, 2.45) is 0 Å². The lowest BCUT2D eigenvalue weighted by molar-refractivity contribution is -0.135. The highest BCUT2D eigenvalue weighted by Crippen LogP contribution is 2.37. The molecule has 1 fully saturated rings. The first-order chi connectivity index (χ1) is 12.2. The SMILES string of the molecule is CC1(C(=O)NCCn2ccnc2)COCc2nnc(C3CCCC3)n21. The Morgan fingerprint density at radius 2 is 2.24 bits per heavy atom. The Labute approximate surface area is 146 Å². The van der Waals surface area contributed by atoms with E-state index in [1.165, 1.54) is 12.8 Å². The van der Waals surface area contributed by atoms with Gasteiger partial charge in [0.1, 0.15) is 18.0 Å². The minimum absolute atomic E-state index is 0.0485. The van der Waals surface area contributed by atoms with Crippen molar-refractivity contribution in [1.82, 2.24) is 29.6 Å². The van der Waals surface area contributed by atoms with Gasteiger partial charge >= 0.3 is 0 Å². The van der Waals surface area contributed by atoms with Gasteiger partial charge in [-0.15, -0.1) is 10.2 Å². The van der Waals surface area contributed by atoms with Crippen molar-refractivity contribution >= 4 is 5.91 Å². The van der Waals surface area contributed by atoms with Crippen molar-refractivity contribution in [3.63, 3.8) is 0 Å². The zero-order valence-electron chi connectivity index (χ0n) is 14.5. The van der Waals surface area contributed by atoms with E-state index in [1.807, 2.05) is 22.3 Å². The van der Waals surface area contributed by atoms with Gasteiger partial charge in [0.15, 0.2) is 5.82 Å². The van der Waals surface area contributed by atoms with Crippen molar-refractivity contribution in [2.75, 3.05) is 13.2 Å². The summed E-state index contributed by atoms with van der Waals surface area (Å²) in [4.78, 5) is 17.0. The van der Waals surface area contributed by atoms with Crippen LogP contribution in [0.1, 0.15) is 50.2 Å². The predicted molar refractivity (Wildman–Crippen MR) is 89.8 cm³/mol. The summed E-state index contributed by atoms with van der Waals surface area (Å²) >= 11 is 0. The Bertz CT molecular complexity index is 734. The van der Waals surface area contributed by atoms with E-state index in [-0.39, 0.29) is 5.91 Å². The molecule has 1 unspecified atom stereocenters. The molecule has 2 aliphatic rings. The average molecular weight is 344 g/mol. The molecule has 4 rings (SSSR count). The molecule has 0 aromatic carbocycles. The molecule has 1 aliphatic heterocycles. The van der Waals surface area contributed by atoms with Crippen LogP contribution >= 0.6 is 0 Å². The number of fused-ring (bicyclic) bond motifs is 1. The first-order valence-electron chi connectivity index (χ1n) is 8.95. The van der Waals surface area contributed by atoms with Crippen LogP contribution in [0.15, 0.2) is 18.7 Å². The fraction of sp³-hybridized carbons (Fsp3) is 0.647. The van der Waals surface area contributed by atoms with Crippen molar-refractivity contribution in [1.29, 1.82) is 0 Å². The molecule has 134 valence electrons. The molecular formula is C17H24N6O2. The fourth-order valence-corrected chi connectivity index (χ4v) is 3.89. The average Bonchev–Trinajstić information content (AvgIpc) is 3.36. The zero-order valence-corrected chi connectivity index (χ0v) is 14.5. The maximum atomic E-state index is 13.0. The number of ether oxygens (including phenoxy) is 1. The van der Waals surface area contributed by atoms with Crippen LogP contribution in [0.25, 0.3) is 0 Å². The number of carbonyl (C=O) groups excluding carboxylic acids is 1. The van der Waals surface area contributed by atoms with Crippen LogP contribution in [0.2, 0.25) is 0 Å². The monoisotopic (exact) mass is 344 g/mol. The summed E-state index contributed by atoms with van der Waals surface area (Å²) in [6.07, 6.45) is 10.0. The number of aromatic nitrogens is 5. The third-order valence-electron chi connectivity index (χ3n) is 5.29. The molecule has 1 aliphatic carbocycles. The van der Waals surface area contributed by atoms with Crippen LogP contribution in [0, 0.1) is 0 Å². The van der Waals surface area contributed by atoms with E-state index >= 15 is 0 Å². The first kappa shape index (κ1) is 16.3. The molecule has 8 heteroatoms. The normalized spacial score (nSPS) is 23.6. The van der Waals surface area contributed by atoms with Gasteiger partial charge in [0, 0.05) is 31.4 Å².